The molecule has 0 aliphatic carbocycles. The Bertz CT molecular complexity index is 1160. The van der Waals surface area contributed by atoms with Crippen molar-refractivity contribution < 1.29 is 23.1 Å². The number of hydrogen-bond acceptors (Lipinski definition) is 3. The van der Waals surface area contributed by atoms with Gasteiger partial charge in [-0.2, -0.15) is 0 Å². The van der Waals surface area contributed by atoms with Crippen molar-refractivity contribution in [2.24, 2.45) is 5.92 Å². The predicted octanol–water partition coefficient (Wildman–Crippen LogP) is 5.12. The highest BCUT2D eigenvalue weighted by molar-refractivity contribution is 5.94. The fraction of sp³-hybridized carbons (Fsp3) is 0.286. The zero-order chi connectivity index (χ0) is 24.8. The van der Waals surface area contributed by atoms with E-state index in [1.165, 1.54) is 4.90 Å². The number of rotatable bonds is 7. The Morgan fingerprint density at radius 3 is 2.26 bits per heavy atom. The number of piperidine rings is 1. The van der Waals surface area contributed by atoms with E-state index in [9.17, 15) is 18.4 Å². The van der Waals surface area contributed by atoms with Crippen LogP contribution in [0.4, 0.5) is 8.78 Å². The first-order valence-corrected chi connectivity index (χ1v) is 11.8. The van der Waals surface area contributed by atoms with Gasteiger partial charge < -0.3 is 15.0 Å². The summed E-state index contributed by atoms with van der Waals surface area (Å²) in [5, 5.41) is 3.18. The van der Waals surface area contributed by atoms with Crippen LogP contribution in [0, 0.1) is 17.6 Å². The monoisotopic (exact) mass is 478 g/mol. The van der Waals surface area contributed by atoms with Gasteiger partial charge in [-0.05, 0) is 55.2 Å². The Morgan fingerprint density at radius 1 is 0.971 bits per heavy atom. The van der Waals surface area contributed by atoms with Crippen molar-refractivity contribution in [2.75, 3.05) is 19.7 Å². The maximum atomic E-state index is 14.0. The highest BCUT2D eigenvalue weighted by atomic mass is 19.1. The first kappa shape index (κ1) is 24.4. The molecule has 1 aliphatic heterocycles. The normalized spacial score (nSPS) is 14.9. The van der Waals surface area contributed by atoms with Gasteiger partial charge in [0.05, 0.1) is 18.2 Å². The van der Waals surface area contributed by atoms with Crippen molar-refractivity contribution in [3.05, 3.63) is 101 Å². The second-order valence-electron chi connectivity index (χ2n) is 8.54. The summed E-state index contributed by atoms with van der Waals surface area (Å²) in [6, 6.07) is 20.0. The number of amides is 2. The third kappa shape index (κ3) is 5.85. The second-order valence-corrected chi connectivity index (χ2v) is 8.54. The largest absolute Gasteiger partial charge is 0.494 e. The maximum absolute atomic E-state index is 14.0. The lowest BCUT2D eigenvalue weighted by molar-refractivity contribution is -0.126. The Morgan fingerprint density at radius 2 is 1.63 bits per heavy atom. The molecule has 1 unspecified atom stereocenters. The lowest BCUT2D eigenvalue weighted by atomic mass is 9.93. The molecule has 4 rings (SSSR count). The fourth-order valence-corrected chi connectivity index (χ4v) is 4.37. The molecule has 0 saturated carbocycles. The van der Waals surface area contributed by atoms with Crippen molar-refractivity contribution >= 4 is 11.8 Å². The van der Waals surface area contributed by atoms with Crippen molar-refractivity contribution in [2.45, 2.75) is 25.8 Å². The summed E-state index contributed by atoms with van der Waals surface area (Å²) in [6.07, 6.45) is 0.927. The molecule has 1 N–H and O–H groups in total. The van der Waals surface area contributed by atoms with Crippen molar-refractivity contribution in [3.8, 4) is 5.75 Å². The van der Waals surface area contributed by atoms with E-state index in [1.807, 2.05) is 61.5 Å². The number of likely N-dealkylation sites (tertiary alicyclic amines) is 1. The van der Waals surface area contributed by atoms with Crippen LogP contribution in [0.25, 0.3) is 0 Å². The Balaban J connectivity index is 1.43. The highest BCUT2D eigenvalue weighted by Crippen LogP contribution is 2.27. The number of carbonyl (C=O) groups excluding carboxylic acids is 2. The zero-order valence-corrected chi connectivity index (χ0v) is 19.5. The minimum absolute atomic E-state index is 0.0900. The van der Waals surface area contributed by atoms with Crippen LogP contribution in [0.15, 0.2) is 72.8 Å². The molecular weight excluding hydrogens is 450 g/mol. The SMILES string of the molecule is CCOc1ccc(C(NC(=O)C2CCN(C(=O)c3ccc(F)cc3F)CC2)c2ccccc2)cc1. The van der Waals surface area contributed by atoms with Crippen molar-refractivity contribution in [1.82, 2.24) is 10.2 Å². The van der Waals surface area contributed by atoms with Gasteiger partial charge in [0.2, 0.25) is 5.91 Å². The number of hydrogen-bond donors (Lipinski definition) is 1. The van der Waals surface area contributed by atoms with E-state index in [0.717, 1.165) is 29.0 Å². The van der Waals surface area contributed by atoms with Gasteiger partial charge in [0.15, 0.2) is 0 Å². The molecule has 0 radical (unpaired) electrons. The minimum Gasteiger partial charge on any atom is -0.494 e. The van der Waals surface area contributed by atoms with Crippen LogP contribution in [0.5, 0.6) is 5.75 Å². The third-order valence-electron chi connectivity index (χ3n) is 6.26. The van der Waals surface area contributed by atoms with Gasteiger partial charge in [-0.1, -0.05) is 42.5 Å². The van der Waals surface area contributed by atoms with Crippen LogP contribution in [-0.4, -0.2) is 36.4 Å². The van der Waals surface area contributed by atoms with E-state index in [-0.39, 0.29) is 23.4 Å². The van der Waals surface area contributed by atoms with Crippen molar-refractivity contribution in [1.29, 1.82) is 0 Å². The van der Waals surface area contributed by atoms with E-state index in [0.29, 0.717) is 38.6 Å². The fourth-order valence-electron chi connectivity index (χ4n) is 4.37. The standard InChI is InChI=1S/C28H28F2N2O3/c1-2-35-23-11-8-20(9-12-23)26(19-6-4-3-5-7-19)31-27(33)21-14-16-32(17-15-21)28(34)24-13-10-22(29)18-25(24)30/h3-13,18,21,26H,2,14-17H2,1H3,(H,31,33). The van der Waals surface area contributed by atoms with Gasteiger partial charge in [0.1, 0.15) is 17.4 Å². The molecule has 1 fully saturated rings. The summed E-state index contributed by atoms with van der Waals surface area (Å²) in [6.45, 7) is 3.16. The summed E-state index contributed by atoms with van der Waals surface area (Å²) in [7, 11) is 0. The third-order valence-corrected chi connectivity index (χ3v) is 6.26. The number of nitrogens with zero attached hydrogens (tertiary/aromatic N) is 1. The summed E-state index contributed by atoms with van der Waals surface area (Å²) < 4.78 is 32.8. The molecule has 3 aromatic carbocycles. The maximum Gasteiger partial charge on any atom is 0.256 e. The smallest absolute Gasteiger partial charge is 0.256 e. The molecule has 2 amide bonds. The molecule has 7 heteroatoms. The van der Waals surface area contributed by atoms with Gasteiger partial charge in [-0.25, -0.2) is 8.78 Å². The average molecular weight is 479 g/mol. The van der Waals surface area contributed by atoms with Gasteiger partial charge >= 0.3 is 0 Å². The highest BCUT2D eigenvalue weighted by Gasteiger charge is 2.30. The van der Waals surface area contributed by atoms with Crippen LogP contribution < -0.4 is 10.1 Å². The second kappa shape index (κ2) is 11.1. The summed E-state index contributed by atoms with van der Waals surface area (Å²) in [5.41, 5.74) is 1.74. The summed E-state index contributed by atoms with van der Waals surface area (Å²) in [4.78, 5) is 27.4. The molecule has 3 aromatic rings. The molecule has 1 heterocycles. The molecule has 0 bridgehead atoms. The Labute approximate surface area is 203 Å². The topological polar surface area (TPSA) is 58.6 Å². The molecule has 0 aromatic heterocycles. The quantitative estimate of drug-likeness (QED) is 0.513. The van der Waals surface area contributed by atoms with Crippen LogP contribution in [0.3, 0.4) is 0 Å². The summed E-state index contributed by atoms with van der Waals surface area (Å²) in [5.74, 6) is -1.69. The van der Waals surface area contributed by atoms with Gasteiger partial charge in [-0.3, -0.25) is 9.59 Å². The lowest BCUT2D eigenvalue weighted by Crippen LogP contribution is -2.44. The molecule has 1 saturated heterocycles. The van der Waals surface area contributed by atoms with Crippen LogP contribution in [0.2, 0.25) is 0 Å². The summed E-state index contributed by atoms with van der Waals surface area (Å²) >= 11 is 0. The first-order valence-electron chi connectivity index (χ1n) is 11.8. The first-order chi connectivity index (χ1) is 17.0. The van der Waals surface area contributed by atoms with E-state index >= 15 is 0 Å². The van der Waals surface area contributed by atoms with Gasteiger partial charge in [-0.15, -0.1) is 0 Å². The van der Waals surface area contributed by atoms with E-state index in [1.54, 1.807) is 0 Å². The molecule has 1 atom stereocenters. The van der Waals surface area contributed by atoms with Crippen LogP contribution in [0.1, 0.15) is 47.3 Å². The molecule has 5 nitrogen and oxygen atoms in total. The van der Waals surface area contributed by atoms with Gasteiger partial charge in [0.25, 0.3) is 5.91 Å². The number of nitrogens with one attached hydrogen (secondary N) is 1. The van der Waals surface area contributed by atoms with Gasteiger partial charge in [0, 0.05) is 25.1 Å². The molecule has 35 heavy (non-hydrogen) atoms. The molecule has 182 valence electrons. The van der Waals surface area contributed by atoms with E-state index < -0.39 is 17.5 Å². The van der Waals surface area contributed by atoms with Crippen molar-refractivity contribution in [3.63, 3.8) is 0 Å². The average Bonchev–Trinajstić information content (AvgIpc) is 2.88. The van der Waals surface area contributed by atoms with E-state index in [2.05, 4.69) is 5.32 Å². The Hall–Kier alpha value is -3.74. The minimum atomic E-state index is -0.879. The molecular formula is C28H28F2N2O3. The molecule has 1 aliphatic rings. The predicted molar refractivity (Wildman–Crippen MR) is 129 cm³/mol. The van der Waals surface area contributed by atoms with Crippen LogP contribution >= 0.6 is 0 Å². The number of ether oxygens (including phenoxy) is 1. The number of benzene rings is 3. The lowest BCUT2D eigenvalue weighted by Gasteiger charge is -2.32. The molecule has 0 spiro atoms. The zero-order valence-electron chi connectivity index (χ0n) is 19.5. The number of carbonyl (C=O) groups is 2. The Kier molecular flexibility index (Phi) is 7.75. The number of halogens is 2. The van der Waals surface area contributed by atoms with E-state index in [4.69, 9.17) is 4.74 Å². The van der Waals surface area contributed by atoms with Crippen LogP contribution in [-0.2, 0) is 4.79 Å².